The van der Waals surface area contributed by atoms with Gasteiger partial charge in [0.15, 0.2) is 15.8 Å². The fourth-order valence-electron chi connectivity index (χ4n) is 2.69. The predicted octanol–water partition coefficient (Wildman–Crippen LogP) is 2.92. The van der Waals surface area contributed by atoms with Crippen molar-refractivity contribution in [3.8, 4) is 5.75 Å². The SMILES string of the molecule is CN=C(NCC(C)Oc1ccccc1Br)N1CCS(=O)(=O)C(C)(C)C1.I. The summed E-state index contributed by atoms with van der Waals surface area (Å²) in [4.78, 5) is 6.29. The average Bonchev–Trinajstić information content (AvgIpc) is 2.53. The minimum absolute atomic E-state index is 0. The first kappa shape index (κ1) is 23.5. The molecule has 1 aliphatic heterocycles. The number of benzene rings is 1. The van der Waals surface area contributed by atoms with E-state index in [0.29, 0.717) is 25.6 Å². The van der Waals surface area contributed by atoms with Crippen LogP contribution in [0.4, 0.5) is 0 Å². The van der Waals surface area contributed by atoms with Gasteiger partial charge in [-0.3, -0.25) is 4.99 Å². The summed E-state index contributed by atoms with van der Waals surface area (Å²) in [5, 5.41) is 3.28. The second-order valence-corrected chi connectivity index (χ2v) is 10.4. The molecule has 0 radical (unpaired) electrons. The van der Waals surface area contributed by atoms with Crippen LogP contribution in [0.15, 0.2) is 33.7 Å². The Morgan fingerprint density at radius 1 is 1.42 bits per heavy atom. The Morgan fingerprint density at radius 2 is 2.08 bits per heavy atom. The molecular formula is C17H27BrIN3O3S. The van der Waals surface area contributed by atoms with E-state index in [2.05, 4.69) is 26.2 Å². The summed E-state index contributed by atoms with van der Waals surface area (Å²) >= 11 is 3.47. The van der Waals surface area contributed by atoms with Gasteiger partial charge in [-0.15, -0.1) is 24.0 Å². The zero-order chi connectivity index (χ0) is 18.7. The Bertz CT molecular complexity index is 741. The normalized spacial score (nSPS) is 20.0. The van der Waals surface area contributed by atoms with Gasteiger partial charge in [-0.1, -0.05) is 12.1 Å². The maximum absolute atomic E-state index is 12.1. The minimum atomic E-state index is -3.07. The van der Waals surface area contributed by atoms with E-state index in [-0.39, 0.29) is 35.8 Å². The van der Waals surface area contributed by atoms with Crippen LogP contribution < -0.4 is 10.1 Å². The number of nitrogens with one attached hydrogen (secondary N) is 1. The summed E-state index contributed by atoms with van der Waals surface area (Å²) in [6.07, 6.45) is -0.0722. The molecule has 1 aliphatic rings. The van der Waals surface area contributed by atoms with Gasteiger partial charge in [0.1, 0.15) is 11.9 Å². The number of hydrogen-bond acceptors (Lipinski definition) is 4. The first-order valence-corrected chi connectivity index (χ1v) is 10.7. The van der Waals surface area contributed by atoms with E-state index in [9.17, 15) is 8.42 Å². The van der Waals surface area contributed by atoms with Gasteiger partial charge in [0.25, 0.3) is 0 Å². The molecule has 1 N–H and O–H groups in total. The van der Waals surface area contributed by atoms with Crippen molar-refractivity contribution in [2.45, 2.75) is 31.6 Å². The van der Waals surface area contributed by atoms with Gasteiger partial charge in [0.05, 0.1) is 21.5 Å². The number of halogens is 2. The van der Waals surface area contributed by atoms with E-state index in [1.54, 1.807) is 20.9 Å². The molecule has 9 heteroatoms. The van der Waals surface area contributed by atoms with Crippen molar-refractivity contribution in [2.75, 3.05) is 32.4 Å². The highest BCUT2D eigenvalue weighted by Gasteiger charge is 2.40. The van der Waals surface area contributed by atoms with Gasteiger partial charge < -0.3 is 15.0 Å². The summed E-state index contributed by atoms with van der Waals surface area (Å²) < 4.78 is 30.4. The van der Waals surface area contributed by atoms with Crippen molar-refractivity contribution in [3.63, 3.8) is 0 Å². The number of guanidine groups is 1. The van der Waals surface area contributed by atoms with E-state index in [1.165, 1.54) is 0 Å². The summed E-state index contributed by atoms with van der Waals surface area (Å²) in [6.45, 7) is 6.95. The van der Waals surface area contributed by atoms with Crippen LogP contribution in [0.3, 0.4) is 0 Å². The fourth-order valence-corrected chi connectivity index (χ4v) is 4.43. The zero-order valence-corrected chi connectivity index (χ0v) is 20.3. The van der Waals surface area contributed by atoms with Crippen LogP contribution in [0.25, 0.3) is 0 Å². The molecule has 0 amide bonds. The molecule has 6 nitrogen and oxygen atoms in total. The van der Waals surface area contributed by atoms with E-state index < -0.39 is 14.6 Å². The van der Waals surface area contributed by atoms with Crippen LogP contribution in [0, 0.1) is 0 Å². The molecule has 1 aromatic rings. The second-order valence-electron chi connectivity index (χ2n) is 6.79. The Kier molecular flexibility index (Phi) is 8.66. The third-order valence-electron chi connectivity index (χ3n) is 4.27. The molecule has 0 saturated carbocycles. The quantitative estimate of drug-likeness (QED) is 0.349. The van der Waals surface area contributed by atoms with E-state index in [1.807, 2.05) is 36.1 Å². The van der Waals surface area contributed by atoms with Crippen LogP contribution in [-0.2, 0) is 9.84 Å². The number of ether oxygens (including phenoxy) is 1. The van der Waals surface area contributed by atoms with Crippen molar-refractivity contribution < 1.29 is 13.2 Å². The highest BCUT2D eigenvalue weighted by atomic mass is 127. The lowest BCUT2D eigenvalue weighted by Crippen LogP contribution is -2.57. The van der Waals surface area contributed by atoms with Gasteiger partial charge in [0, 0.05) is 20.1 Å². The molecule has 1 heterocycles. The molecule has 0 bridgehead atoms. The number of nitrogens with zero attached hydrogens (tertiary/aromatic N) is 2. The maximum atomic E-state index is 12.1. The second kappa shape index (κ2) is 9.59. The Morgan fingerprint density at radius 3 is 2.65 bits per heavy atom. The van der Waals surface area contributed by atoms with Crippen molar-refractivity contribution in [3.05, 3.63) is 28.7 Å². The van der Waals surface area contributed by atoms with Gasteiger partial charge in [-0.25, -0.2) is 8.42 Å². The third-order valence-corrected chi connectivity index (χ3v) is 7.46. The van der Waals surface area contributed by atoms with E-state index in [0.717, 1.165) is 10.2 Å². The third kappa shape index (κ3) is 5.72. The number of sulfone groups is 1. The topological polar surface area (TPSA) is 71.0 Å². The van der Waals surface area contributed by atoms with Crippen LogP contribution in [0.5, 0.6) is 5.75 Å². The first-order valence-electron chi connectivity index (χ1n) is 8.25. The van der Waals surface area contributed by atoms with Gasteiger partial charge in [-0.05, 0) is 48.8 Å². The molecular weight excluding hydrogens is 533 g/mol. The van der Waals surface area contributed by atoms with Gasteiger partial charge >= 0.3 is 0 Å². The Hall–Kier alpha value is -0.550. The van der Waals surface area contributed by atoms with Crippen LogP contribution >= 0.6 is 39.9 Å². The molecule has 0 aliphatic carbocycles. The van der Waals surface area contributed by atoms with Crippen molar-refractivity contribution >= 4 is 55.7 Å². The van der Waals surface area contributed by atoms with Crippen molar-refractivity contribution in [1.82, 2.24) is 10.2 Å². The predicted molar refractivity (Wildman–Crippen MR) is 120 cm³/mol. The lowest BCUT2D eigenvalue weighted by Gasteiger charge is -2.39. The molecule has 1 atom stereocenters. The molecule has 1 aromatic carbocycles. The number of hydrogen-bond donors (Lipinski definition) is 1. The largest absolute Gasteiger partial charge is 0.488 e. The van der Waals surface area contributed by atoms with E-state index in [4.69, 9.17) is 4.74 Å². The zero-order valence-electron chi connectivity index (χ0n) is 15.5. The highest BCUT2D eigenvalue weighted by Crippen LogP contribution is 2.25. The van der Waals surface area contributed by atoms with Gasteiger partial charge in [0.2, 0.25) is 0 Å². The molecule has 0 spiro atoms. The first-order chi connectivity index (χ1) is 11.7. The molecule has 1 unspecified atom stereocenters. The van der Waals surface area contributed by atoms with Crippen LogP contribution in [0.2, 0.25) is 0 Å². The van der Waals surface area contributed by atoms with Crippen LogP contribution in [-0.4, -0.2) is 62.6 Å². The number of aliphatic imine (C=N–C) groups is 1. The van der Waals surface area contributed by atoms with Gasteiger partial charge in [-0.2, -0.15) is 0 Å². The van der Waals surface area contributed by atoms with Crippen molar-refractivity contribution in [1.29, 1.82) is 0 Å². The molecule has 26 heavy (non-hydrogen) atoms. The molecule has 1 fully saturated rings. The number of para-hydroxylation sites is 1. The summed E-state index contributed by atoms with van der Waals surface area (Å²) in [5.74, 6) is 1.63. The molecule has 1 saturated heterocycles. The van der Waals surface area contributed by atoms with E-state index >= 15 is 0 Å². The summed E-state index contributed by atoms with van der Waals surface area (Å²) in [6, 6.07) is 7.71. The smallest absolute Gasteiger partial charge is 0.193 e. The standard InChI is InChI=1S/C17H26BrN3O3S.HI/c1-13(24-15-8-6-5-7-14(15)18)11-20-16(19-4)21-9-10-25(22,23)17(2,3)12-21;/h5-8,13H,9-12H2,1-4H3,(H,19,20);1H. The fraction of sp³-hybridized carbons (Fsp3) is 0.588. The average molecular weight is 560 g/mol. The van der Waals surface area contributed by atoms with Crippen LogP contribution in [0.1, 0.15) is 20.8 Å². The molecule has 2 rings (SSSR count). The summed E-state index contributed by atoms with van der Waals surface area (Å²) in [7, 11) is -1.36. The Labute approximate surface area is 181 Å². The lowest BCUT2D eigenvalue weighted by molar-refractivity contribution is 0.220. The lowest BCUT2D eigenvalue weighted by atomic mass is 10.2. The molecule has 148 valence electrons. The summed E-state index contributed by atoms with van der Waals surface area (Å²) in [5.41, 5.74) is 0. The minimum Gasteiger partial charge on any atom is -0.488 e. The molecule has 0 aromatic heterocycles. The maximum Gasteiger partial charge on any atom is 0.193 e. The monoisotopic (exact) mass is 559 g/mol. The Balaban J connectivity index is 0.00000338. The van der Waals surface area contributed by atoms with Crippen molar-refractivity contribution in [2.24, 2.45) is 4.99 Å². The number of rotatable bonds is 4. The highest BCUT2D eigenvalue weighted by molar-refractivity contribution is 14.0.